The van der Waals surface area contributed by atoms with Gasteiger partial charge in [0.1, 0.15) is 11.5 Å². The molecule has 3 heterocycles. The van der Waals surface area contributed by atoms with E-state index < -0.39 is 5.67 Å². The molecule has 0 N–H and O–H groups in total. The predicted molar refractivity (Wildman–Crippen MR) is 79.9 cm³/mol. The molecule has 5 heteroatoms. The summed E-state index contributed by atoms with van der Waals surface area (Å²) in [6.07, 6.45) is 0.942. The molecule has 2 aliphatic heterocycles. The number of aryl methyl sites for hydroxylation is 1. The molecule has 0 unspecified atom stereocenters. The van der Waals surface area contributed by atoms with Crippen LogP contribution in [0.25, 0.3) is 0 Å². The fraction of sp³-hybridized carbons (Fsp3) is 0.625. The van der Waals surface area contributed by atoms with E-state index in [0.29, 0.717) is 17.5 Å². The van der Waals surface area contributed by atoms with E-state index in [0.717, 1.165) is 44.0 Å². The molecule has 2 aliphatic rings. The Morgan fingerprint density at radius 2 is 1.86 bits per heavy atom. The second-order valence-electron chi connectivity index (χ2n) is 6.84. The molecule has 2 fully saturated rings. The van der Waals surface area contributed by atoms with E-state index in [-0.39, 0.29) is 0 Å². The molecule has 3 rings (SSSR count). The molecule has 0 spiro atoms. The summed E-state index contributed by atoms with van der Waals surface area (Å²) in [4.78, 5) is 19.5. The van der Waals surface area contributed by atoms with E-state index in [4.69, 9.17) is 0 Å². The van der Waals surface area contributed by atoms with Crippen molar-refractivity contribution in [3.05, 3.63) is 23.4 Å². The Hall–Kier alpha value is -1.65. The zero-order chi connectivity index (χ0) is 15.2. The van der Waals surface area contributed by atoms with Crippen molar-refractivity contribution in [3.8, 4) is 0 Å². The quantitative estimate of drug-likeness (QED) is 0.800. The SMILES string of the molecule is Cc1cc(N2C[C@H]3CN(C=O)C[C@H]3C2)nc(C(C)(C)F)c1. The van der Waals surface area contributed by atoms with Gasteiger partial charge in [0.25, 0.3) is 0 Å². The van der Waals surface area contributed by atoms with Crippen LogP contribution in [-0.4, -0.2) is 42.5 Å². The van der Waals surface area contributed by atoms with Crippen LogP contribution in [-0.2, 0) is 10.5 Å². The highest BCUT2D eigenvalue weighted by molar-refractivity contribution is 5.49. The zero-order valence-corrected chi connectivity index (χ0v) is 12.8. The largest absolute Gasteiger partial charge is 0.356 e. The summed E-state index contributed by atoms with van der Waals surface area (Å²) in [7, 11) is 0. The Morgan fingerprint density at radius 1 is 1.24 bits per heavy atom. The number of aromatic nitrogens is 1. The van der Waals surface area contributed by atoms with Gasteiger partial charge in [0.05, 0.1) is 5.69 Å². The minimum absolute atomic E-state index is 0.490. The lowest BCUT2D eigenvalue weighted by molar-refractivity contribution is -0.117. The monoisotopic (exact) mass is 291 g/mol. The molecule has 1 aromatic rings. The Labute approximate surface area is 125 Å². The number of nitrogens with zero attached hydrogens (tertiary/aromatic N) is 3. The van der Waals surface area contributed by atoms with Crippen LogP contribution >= 0.6 is 0 Å². The van der Waals surface area contributed by atoms with Crippen molar-refractivity contribution in [3.63, 3.8) is 0 Å². The van der Waals surface area contributed by atoms with Gasteiger partial charge >= 0.3 is 0 Å². The third kappa shape index (κ3) is 2.74. The van der Waals surface area contributed by atoms with Crippen LogP contribution in [0, 0.1) is 18.8 Å². The second-order valence-corrected chi connectivity index (χ2v) is 6.84. The number of alkyl halides is 1. The highest BCUT2D eigenvalue weighted by Gasteiger charge is 2.40. The second kappa shape index (κ2) is 4.97. The molecule has 21 heavy (non-hydrogen) atoms. The highest BCUT2D eigenvalue weighted by atomic mass is 19.1. The predicted octanol–water partition coefficient (Wildman–Crippen LogP) is 2.12. The van der Waals surface area contributed by atoms with Gasteiger partial charge in [0, 0.05) is 38.0 Å². The van der Waals surface area contributed by atoms with Gasteiger partial charge in [-0.25, -0.2) is 9.37 Å². The minimum Gasteiger partial charge on any atom is -0.356 e. The summed E-state index contributed by atoms with van der Waals surface area (Å²) in [6, 6.07) is 3.84. The number of likely N-dealkylation sites (tertiary alicyclic amines) is 1. The molecule has 1 amide bonds. The Morgan fingerprint density at radius 3 is 2.38 bits per heavy atom. The molecule has 0 aliphatic carbocycles. The van der Waals surface area contributed by atoms with Gasteiger partial charge < -0.3 is 9.80 Å². The summed E-state index contributed by atoms with van der Waals surface area (Å²) in [5, 5.41) is 0. The van der Waals surface area contributed by atoms with E-state index in [1.807, 2.05) is 24.0 Å². The highest BCUT2D eigenvalue weighted by Crippen LogP contribution is 2.34. The topological polar surface area (TPSA) is 36.4 Å². The number of pyridine rings is 1. The van der Waals surface area contributed by atoms with E-state index >= 15 is 0 Å². The van der Waals surface area contributed by atoms with E-state index in [2.05, 4.69) is 9.88 Å². The van der Waals surface area contributed by atoms with E-state index in [1.165, 1.54) is 0 Å². The van der Waals surface area contributed by atoms with Crippen molar-refractivity contribution in [1.29, 1.82) is 0 Å². The summed E-state index contributed by atoms with van der Waals surface area (Å²) in [5.74, 6) is 1.89. The van der Waals surface area contributed by atoms with Crippen LogP contribution < -0.4 is 4.90 Å². The van der Waals surface area contributed by atoms with Gasteiger partial charge in [0.2, 0.25) is 6.41 Å². The van der Waals surface area contributed by atoms with Crippen LogP contribution in [0.5, 0.6) is 0 Å². The summed E-state index contributed by atoms with van der Waals surface area (Å²) < 4.78 is 14.2. The van der Waals surface area contributed by atoms with Crippen molar-refractivity contribution in [2.45, 2.75) is 26.4 Å². The molecule has 0 aromatic carbocycles. The first-order chi connectivity index (χ1) is 9.86. The normalized spacial score (nSPS) is 25.3. The third-order valence-electron chi connectivity index (χ3n) is 4.55. The van der Waals surface area contributed by atoms with Gasteiger partial charge in [-0.3, -0.25) is 4.79 Å². The maximum absolute atomic E-state index is 14.2. The fourth-order valence-electron chi connectivity index (χ4n) is 3.42. The molecule has 1 aromatic heterocycles. The van der Waals surface area contributed by atoms with Crippen LogP contribution in [0.4, 0.5) is 10.2 Å². The lowest BCUT2D eigenvalue weighted by Gasteiger charge is -2.23. The first-order valence-electron chi connectivity index (χ1n) is 7.49. The van der Waals surface area contributed by atoms with Gasteiger partial charge in [0.15, 0.2) is 0 Å². The molecule has 0 bridgehead atoms. The molecule has 0 saturated carbocycles. The lowest BCUT2D eigenvalue weighted by Crippen LogP contribution is -2.29. The number of carbonyl (C=O) groups excluding carboxylic acids is 1. The number of hydrogen-bond donors (Lipinski definition) is 0. The molecule has 0 radical (unpaired) electrons. The van der Waals surface area contributed by atoms with Gasteiger partial charge in [-0.05, 0) is 38.5 Å². The maximum atomic E-state index is 14.2. The molecule has 2 saturated heterocycles. The summed E-state index contributed by atoms with van der Waals surface area (Å²) in [6.45, 7) is 8.52. The zero-order valence-electron chi connectivity index (χ0n) is 12.8. The number of anilines is 1. The molecular formula is C16H22FN3O. The average molecular weight is 291 g/mol. The molecule has 4 nitrogen and oxygen atoms in total. The van der Waals surface area contributed by atoms with Crippen molar-refractivity contribution < 1.29 is 9.18 Å². The smallest absolute Gasteiger partial charge is 0.209 e. The fourth-order valence-corrected chi connectivity index (χ4v) is 3.42. The van der Waals surface area contributed by atoms with Crippen molar-refractivity contribution in [1.82, 2.24) is 9.88 Å². The third-order valence-corrected chi connectivity index (χ3v) is 4.55. The van der Waals surface area contributed by atoms with Crippen LogP contribution in [0.1, 0.15) is 25.1 Å². The van der Waals surface area contributed by atoms with Gasteiger partial charge in [-0.1, -0.05) is 0 Å². The maximum Gasteiger partial charge on any atom is 0.209 e. The lowest BCUT2D eigenvalue weighted by atomic mass is 10.0. The number of amides is 1. The number of halogens is 1. The first kappa shape index (κ1) is 14.3. The molecule has 114 valence electrons. The van der Waals surface area contributed by atoms with Crippen LogP contribution in [0.3, 0.4) is 0 Å². The number of hydrogen-bond acceptors (Lipinski definition) is 3. The Balaban J connectivity index is 1.80. The molecule has 2 atom stereocenters. The van der Waals surface area contributed by atoms with Crippen molar-refractivity contribution in [2.24, 2.45) is 11.8 Å². The minimum atomic E-state index is -1.43. The van der Waals surface area contributed by atoms with Gasteiger partial charge in [-0.15, -0.1) is 0 Å². The summed E-state index contributed by atoms with van der Waals surface area (Å²) >= 11 is 0. The first-order valence-corrected chi connectivity index (χ1v) is 7.49. The Kier molecular flexibility index (Phi) is 3.38. The van der Waals surface area contributed by atoms with Gasteiger partial charge in [-0.2, -0.15) is 0 Å². The number of fused-ring (bicyclic) bond motifs is 1. The number of rotatable bonds is 3. The summed E-state index contributed by atoms with van der Waals surface area (Å²) in [5.41, 5.74) is 0.0985. The average Bonchev–Trinajstić information content (AvgIpc) is 2.94. The van der Waals surface area contributed by atoms with Crippen LogP contribution in [0.2, 0.25) is 0 Å². The van der Waals surface area contributed by atoms with Crippen molar-refractivity contribution in [2.75, 3.05) is 31.1 Å². The standard InChI is InChI=1S/C16H22FN3O/c1-11-4-14(16(2,3)17)18-15(5-11)20-8-12-6-19(10-21)7-13(12)9-20/h4-5,10,12-13H,6-9H2,1-3H3/t12-,13+. The van der Waals surface area contributed by atoms with E-state index in [1.54, 1.807) is 13.8 Å². The van der Waals surface area contributed by atoms with Crippen molar-refractivity contribution >= 4 is 12.2 Å². The molecular weight excluding hydrogens is 269 g/mol. The van der Waals surface area contributed by atoms with Crippen LogP contribution in [0.15, 0.2) is 12.1 Å². The number of carbonyl (C=O) groups is 1. The van der Waals surface area contributed by atoms with E-state index in [9.17, 15) is 9.18 Å². The Bertz CT molecular complexity index is 541.